The Morgan fingerprint density at radius 3 is 2.47 bits per heavy atom. The number of rotatable bonds is 2. The van der Waals surface area contributed by atoms with Gasteiger partial charge in [-0.05, 0) is 56.9 Å². The van der Waals surface area contributed by atoms with Crippen LogP contribution in [-0.2, 0) is 12.0 Å². The number of amides is 1. The molecule has 0 bridgehead atoms. The number of nitriles is 1. The van der Waals surface area contributed by atoms with Crippen LogP contribution in [0.5, 0.6) is 5.75 Å². The Hall–Kier alpha value is -2.86. The lowest BCUT2D eigenvalue weighted by Gasteiger charge is -2.62. The average molecular weight is 471 g/mol. The van der Waals surface area contributed by atoms with Crippen LogP contribution in [0.25, 0.3) is 0 Å². The molecule has 2 saturated heterocycles. The fraction of sp³-hybridized carbons (Fsp3) is 0.680. The molecule has 34 heavy (non-hydrogen) atoms. The Kier molecular flexibility index (Phi) is 5.60. The van der Waals surface area contributed by atoms with Crippen LogP contribution in [0.4, 0.5) is 10.5 Å². The van der Waals surface area contributed by atoms with Gasteiger partial charge in [0, 0.05) is 31.1 Å². The normalized spacial score (nSPS) is 25.4. The Morgan fingerprint density at radius 1 is 1.29 bits per heavy atom. The second kappa shape index (κ2) is 7.84. The Labute approximate surface area is 200 Å². The molecule has 1 aromatic carbocycles. The molecule has 9 heteroatoms. The Morgan fingerprint density at radius 2 is 1.94 bits per heavy atom. The summed E-state index contributed by atoms with van der Waals surface area (Å²) in [6.45, 7) is 11.4. The topological polar surface area (TPSA) is 129 Å². The molecule has 0 saturated carbocycles. The number of benzene rings is 1. The number of fused-ring (bicyclic) bond motifs is 1. The highest BCUT2D eigenvalue weighted by Crippen LogP contribution is 2.63. The smallest absolute Gasteiger partial charge is 0.407 e. The van der Waals surface area contributed by atoms with E-state index in [-0.39, 0.29) is 16.2 Å². The number of carbonyl (C=O) groups is 1. The van der Waals surface area contributed by atoms with Crippen molar-refractivity contribution in [3.05, 3.63) is 32.9 Å². The average Bonchev–Trinajstić information content (AvgIpc) is 3.06. The largest absolute Gasteiger partial charge is 0.486 e. The number of nitro benzene ring substituents is 1. The fourth-order valence-corrected chi connectivity index (χ4v) is 6.97. The van der Waals surface area contributed by atoms with Crippen molar-refractivity contribution in [3.63, 3.8) is 0 Å². The predicted molar refractivity (Wildman–Crippen MR) is 126 cm³/mol. The molecule has 1 aromatic rings. The summed E-state index contributed by atoms with van der Waals surface area (Å²) in [6, 6.07) is 3.90. The lowest BCUT2D eigenvalue weighted by atomic mass is 9.48. The maximum absolute atomic E-state index is 12.5. The standard InChI is InChI=1S/C25H34N4O5/c1-22(2,3)25(24(7-6-10-27-25)8-11-28(12-9-24)21(30)31)19-17(15-26)20-16(13-18(19)29(32)33)14-23(4,5)34-20/h13,27H,6-12,14H2,1-5H3,(H,30,31). The van der Waals surface area contributed by atoms with Gasteiger partial charge < -0.3 is 20.1 Å². The number of nitrogens with zero attached hydrogens (tertiary/aromatic N) is 3. The number of nitro groups is 1. The summed E-state index contributed by atoms with van der Waals surface area (Å²) in [5, 5.41) is 36.2. The summed E-state index contributed by atoms with van der Waals surface area (Å²) in [5.41, 5.74) is -1.17. The van der Waals surface area contributed by atoms with Crippen LogP contribution >= 0.6 is 0 Å². The third kappa shape index (κ3) is 3.42. The molecule has 0 radical (unpaired) electrons. The van der Waals surface area contributed by atoms with Gasteiger partial charge in [-0.1, -0.05) is 20.8 Å². The van der Waals surface area contributed by atoms with Crippen LogP contribution in [0, 0.1) is 32.3 Å². The lowest BCUT2D eigenvalue weighted by molar-refractivity contribution is -0.387. The minimum absolute atomic E-state index is 0.0547. The molecule has 1 unspecified atom stereocenters. The molecule has 1 atom stereocenters. The predicted octanol–water partition coefficient (Wildman–Crippen LogP) is 4.56. The van der Waals surface area contributed by atoms with E-state index in [0.29, 0.717) is 55.8 Å². The van der Waals surface area contributed by atoms with Crippen molar-refractivity contribution in [1.29, 1.82) is 5.26 Å². The third-order valence-corrected chi connectivity index (χ3v) is 8.15. The highest BCUT2D eigenvalue weighted by atomic mass is 16.6. The van der Waals surface area contributed by atoms with Crippen LogP contribution in [0.15, 0.2) is 6.07 Å². The fourth-order valence-electron chi connectivity index (χ4n) is 6.97. The van der Waals surface area contributed by atoms with Gasteiger partial charge in [0.05, 0.1) is 16.0 Å². The zero-order chi connectivity index (χ0) is 25.1. The molecule has 2 N–H and O–H groups in total. The summed E-state index contributed by atoms with van der Waals surface area (Å²) in [7, 11) is 0. The van der Waals surface area contributed by atoms with Crippen molar-refractivity contribution in [2.24, 2.45) is 10.8 Å². The maximum Gasteiger partial charge on any atom is 0.407 e. The van der Waals surface area contributed by atoms with Crippen LogP contribution in [0.2, 0.25) is 0 Å². The lowest BCUT2D eigenvalue weighted by Crippen LogP contribution is -2.68. The van der Waals surface area contributed by atoms with E-state index in [2.05, 4.69) is 32.2 Å². The van der Waals surface area contributed by atoms with Crippen molar-refractivity contribution in [3.8, 4) is 11.8 Å². The van der Waals surface area contributed by atoms with E-state index in [1.807, 2.05) is 13.8 Å². The number of carboxylic acid groups (broad SMARTS) is 1. The van der Waals surface area contributed by atoms with E-state index in [0.717, 1.165) is 12.8 Å². The minimum atomic E-state index is -0.947. The van der Waals surface area contributed by atoms with Gasteiger partial charge in [-0.25, -0.2) is 4.79 Å². The molecular weight excluding hydrogens is 436 g/mol. The molecule has 9 nitrogen and oxygen atoms in total. The maximum atomic E-state index is 12.5. The van der Waals surface area contributed by atoms with Crippen molar-refractivity contribution < 1.29 is 19.6 Å². The van der Waals surface area contributed by atoms with E-state index in [1.54, 1.807) is 6.07 Å². The molecule has 2 fully saturated rings. The second-order valence-electron chi connectivity index (χ2n) is 11.6. The molecule has 3 aliphatic heterocycles. The zero-order valence-electron chi connectivity index (χ0n) is 20.7. The van der Waals surface area contributed by atoms with E-state index >= 15 is 0 Å². The highest BCUT2D eigenvalue weighted by molar-refractivity contribution is 5.67. The Balaban J connectivity index is 2.04. The number of hydrogen-bond donors (Lipinski definition) is 2. The van der Waals surface area contributed by atoms with Crippen molar-refractivity contribution in [2.75, 3.05) is 19.6 Å². The number of piperidine rings is 2. The van der Waals surface area contributed by atoms with E-state index in [9.17, 15) is 25.3 Å². The van der Waals surface area contributed by atoms with E-state index < -0.39 is 28.1 Å². The first-order valence-corrected chi connectivity index (χ1v) is 12.0. The molecule has 184 valence electrons. The van der Waals surface area contributed by atoms with Gasteiger partial charge in [-0.2, -0.15) is 5.26 Å². The molecule has 0 aromatic heterocycles. The summed E-state index contributed by atoms with van der Waals surface area (Å²) in [5.74, 6) is 0.447. The first-order chi connectivity index (χ1) is 15.8. The van der Waals surface area contributed by atoms with Gasteiger partial charge in [-0.15, -0.1) is 0 Å². The SMILES string of the molecule is CC1(C)Cc2cc([N+](=O)[O-])c(C3(C(C)(C)C)NCCCC34CCN(C(=O)O)CC4)c(C#N)c2O1. The second-order valence-corrected chi connectivity index (χ2v) is 11.6. The first kappa shape index (κ1) is 24.3. The molecule has 1 spiro atoms. The molecule has 0 aliphatic carbocycles. The number of hydrogen-bond acceptors (Lipinski definition) is 6. The summed E-state index contributed by atoms with van der Waals surface area (Å²) in [6.07, 6.45) is 2.36. The molecule has 3 aliphatic rings. The van der Waals surface area contributed by atoms with Gasteiger partial charge in [0.1, 0.15) is 23.0 Å². The molecule has 4 rings (SSSR count). The number of ether oxygens (including phenoxy) is 1. The van der Waals surface area contributed by atoms with Crippen LogP contribution < -0.4 is 10.1 Å². The van der Waals surface area contributed by atoms with Gasteiger partial charge in [0.2, 0.25) is 0 Å². The van der Waals surface area contributed by atoms with Gasteiger partial charge in [0.15, 0.2) is 0 Å². The van der Waals surface area contributed by atoms with E-state index in [1.165, 1.54) is 4.90 Å². The number of likely N-dealkylation sites (tertiary alicyclic amines) is 1. The van der Waals surface area contributed by atoms with Crippen molar-refractivity contribution in [1.82, 2.24) is 10.2 Å². The first-order valence-electron chi connectivity index (χ1n) is 12.0. The van der Waals surface area contributed by atoms with Crippen LogP contribution in [0.1, 0.15) is 77.0 Å². The van der Waals surface area contributed by atoms with Crippen molar-refractivity contribution in [2.45, 2.75) is 77.9 Å². The van der Waals surface area contributed by atoms with Gasteiger partial charge in [0.25, 0.3) is 5.69 Å². The third-order valence-electron chi connectivity index (χ3n) is 8.15. The Bertz CT molecular complexity index is 1080. The minimum Gasteiger partial charge on any atom is -0.486 e. The zero-order valence-corrected chi connectivity index (χ0v) is 20.7. The van der Waals surface area contributed by atoms with Gasteiger partial charge >= 0.3 is 6.09 Å². The molecular formula is C25H34N4O5. The van der Waals surface area contributed by atoms with Crippen LogP contribution in [-0.4, -0.2) is 46.3 Å². The van der Waals surface area contributed by atoms with E-state index in [4.69, 9.17) is 4.74 Å². The summed E-state index contributed by atoms with van der Waals surface area (Å²) in [4.78, 5) is 25.2. The number of nitrogens with one attached hydrogen (secondary N) is 1. The van der Waals surface area contributed by atoms with Crippen molar-refractivity contribution >= 4 is 11.8 Å². The quantitative estimate of drug-likeness (QED) is 0.479. The summed E-state index contributed by atoms with van der Waals surface area (Å²) < 4.78 is 6.21. The monoisotopic (exact) mass is 470 g/mol. The molecule has 1 amide bonds. The highest BCUT2D eigenvalue weighted by Gasteiger charge is 2.63. The molecule has 3 heterocycles. The summed E-state index contributed by atoms with van der Waals surface area (Å²) >= 11 is 0. The van der Waals surface area contributed by atoms with Crippen LogP contribution in [0.3, 0.4) is 0 Å². The van der Waals surface area contributed by atoms with Gasteiger partial charge in [-0.3, -0.25) is 10.1 Å².